The lowest BCUT2D eigenvalue weighted by atomic mass is 9.65. The van der Waals surface area contributed by atoms with Crippen LogP contribution in [0.5, 0.6) is 0 Å². The Morgan fingerprint density at radius 3 is 1.55 bits per heavy atom. The summed E-state index contributed by atoms with van der Waals surface area (Å²) in [6.07, 6.45) is 2.62. The average Bonchev–Trinajstić information content (AvgIpc) is 1.51. The molecule has 4 aromatic heterocycles. The highest BCUT2D eigenvalue weighted by molar-refractivity contribution is 7.31. The quantitative estimate of drug-likeness (QED) is 0.112. The third-order valence-corrected chi connectivity index (χ3v) is 23.6. The molecule has 0 saturated carbocycles. The third-order valence-electron chi connectivity index (χ3n) is 18.8. The Morgan fingerprint density at radius 2 is 1.06 bits per heavy atom. The van der Waals surface area contributed by atoms with Crippen LogP contribution in [0.4, 0.5) is 0 Å². The van der Waals surface area contributed by atoms with Crippen LogP contribution in [0.25, 0.3) is 56.2 Å². The summed E-state index contributed by atoms with van der Waals surface area (Å²) in [5, 5.41) is 10.3. The van der Waals surface area contributed by atoms with Crippen LogP contribution in [-0.2, 0) is 17.3 Å². The normalized spacial score (nSPS) is 17.5. The Morgan fingerprint density at radius 1 is 0.583 bits per heavy atom. The third kappa shape index (κ3) is 7.31. The minimum absolute atomic E-state index is 0.121. The van der Waals surface area contributed by atoms with Gasteiger partial charge in [-0.2, -0.15) is 5.26 Å². The van der Waals surface area contributed by atoms with Gasteiger partial charge in [0, 0.05) is 56.7 Å². The van der Waals surface area contributed by atoms with Gasteiger partial charge >= 0.3 is 6.04 Å². The lowest BCUT2D eigenvalue weighted by Crippen LogP contribution is -2.30. The number of hydrogen-bond acceptors (Lipinski definition) is 7. The minimum Gasteiger partial charge on any atom is -0.296 e. The monoisotopic (exact) mass is 1160 g/mol. The van der Waals surface area contributed by atoms with Gasteiger partial charge in [0.15, 0.2) is 17.6 Å². The second-order valence-electron chi connectivity index (χ2n) is 24.0. The van der Waals surface area contributed by atoms with Crippen molar-refractivity contribution in [3.8, 4) is 27.0 Å². The van der Waals surface area contributed by atoms with E-state index in [0.717, 1.165) is 31.8 Å². The molecule has 406 valence electrons. The highest BCUT2D eigenvalue weighted by Crippen LogP contribution is 2.68. The van der Waals surface area contributed by atoms with Crippen LogP contribution in [0.1, 0.15) is 139 Å². The molecule has 0 bridgehead atoms. The zero-order valence-corrected chi connectivity index (χ0v) is 51.1. The molecule has 0 radical (unpaired) electrons. The Kier molecular flexibility index (Phi) is 11.9. The molecule has 4 nitrogen and oxygen atoms in total. The highest BCUT2D eigenvalue weighted by atomic mass is 32.1. The molecule has 84 heavy (non-hydrogen) atoms. The first-order valence-corrected chi connectivity index (χ1v) is 32.0. The van der Waals surface area contributed by atoms with Gasteiger partial charge in [0.2, 0.25) is 0 Å². The number of aryl methyl sites for hydroxylation is 6. The Hall–Kier alpha value is -8.34. The van der Waals surface area contributed by atoms with E-state index in [-0.39, 0.29) is 17.5 Å². The zero-order chi connectivity index (χ0) is 57.8. The molecule has 11 aromatic rings. The van der Waals surface area contributed by atoms with Gasteiger partial charge in [0.1, 0.15) is 5.92 Å². The first-order chi connectivity index (χ1) is 40.6. The van der Waals surface area contributed by atoms with Gasteiger partial charge in [-0.1, -0.05) is 155 Å². The van der Waals surface area contributed by atoms with Crippen molar-refractivity contribution in [1.82, 2.24) is 0 Å². The molecule has 4 aliphatic rings. The van der Waals surface area contributed by atoms with E-state index in [0.29, 0.717) is 17.6 Å². The van der Waals surface area contributed by atoms with E-state index in [1.54, 1.807) is 11.3 Å². The number of thiophene rings is 4. The molecule has 15 rings (SSSR count). The summed E-state index contributed by atoms with van der Waals surface area (Å²) in [5.74, 6) is -0.783. The second kappa shape index (κ2) is 19.1. The number of fused-ring (bicyclic) bond motifs is 12. The summed E-state index contributed by atoms with van der Waals surface area (Å²) in [4.78, 5) is 37.4. The fourth-order valence-electron chi connectivity index (χ4n) is 14.7. The van der Waals surface area contributed by atoms with Crippen molar-refractivity contribution in [2.24, 2.45) is 5.92 Å². The standard InChI is InChI=1S/C76H56N2O2S4/c1-39(2)65-54-30-44(7)45(8)31-55(54)70(80)58(65)32-50-34-63-73(81-50)67-71(83-63)56-36-61-57(37-60(56)75(67,46-22-14-40(3)15-23-46)47-24-16-41(4)17-25-47)72-68(76(61,48-26-18-42(5)19-27-48)49-28-20-43(6)21-29-49)74-64(84-72)35-51(82-74)33-59-66(62(38-77)78-9)52-12-10-11-13-53(52)69(59)79/h10-31,33-37,58,62,66H,32H2,1-8H3/b59-33-. The summed E-state index contributed by atoms with van der Waals surface area (Å²) in [6.45, 7) is 25.3. The molecule has 7 aromatic carbocycles. The number of ketones is 2. The van der Waals surface area contributed by atoms with Gasteiger partial charge in [0.25, 0.3) is 0 Å². The fourth-order valence-corrected chi connectivity index (χ4v) is 20.3. The smallest absolute Gasteiger partial charge is 0.296 e. The van der Waals surface area contributed by atoms with Crippen LogP contribution < -0.4 is 0 Å². The van der Waals surface area contributed by atoms with Crippen LogP contribution in [0.2, 0.25) is 0 Å². The summed E-state index contributed by atoms with van der Waals surface area (Å²) in [5.41, 5.74) is 24.1. The maximum absolute atomic E-state index is 14.6. The van der Waals surface area contributed by atoms with Crippen molar-refractivity contribution in [3.63, 3.8) is 0 Å². The summed E-state index contributed by atoms with van der Waals surface area (Å²) in [6, 6.07) is 59.7. The van der Waals surface area contributed by atoms with Gasteiger partial charge in [0.05, 0.1) is 26.1 Å². The SMILES string of the molecule is [C-]#[N+]C(C#N)C1/C(=C/c2cc3sc4c(c3s2)C(c2ccc(C)cc2)(c2ccc(C)cc2)c2cc3c(cc2-4)C(c2ccc(C)cc2)(c2ccc(C)cc2)c2c-3sc3cc(CC4C(=O)c5cc(C)c(C)cc5C4=C(C)C)sc23)C(=O)c2ccccc21. The van der Waals surface area contributed by atoms with Gasteiger partial charge in [-0.25, -0.2) is 6.57 Å². The molecular weight excluding hydrogens is 1100 g/mol. The molecule has 0 spiro atoms. The summed E-state index contributed by atoms with van der Waals surface area (Å²) < 4.78 is 4.83. The topological polar surface area (TPSA) is 62.3 Å². The lowest BCUT2D eigenvalue weighted by molar-refractivity contribution is 0.0957. The minimum atomic E-state index is -1.03. The van der Waals surface area contributed by atoms with Gasteiger partial charge in [-0.3, -0.25) is 14.4 Å². The van der Waals surface area contributed by atoms with Gasteiger partial charge < -0.3 is 0 Å². The number of rotatable bonds is 8. The average molecular weight is 1160 g/mol. The predicted molar refractivity (Wildman–Crippen MR) is 350 cm³/mol. The van der Waals surface area contributed by atoms with Crippen LogP contribution >= 0.6 is 45.3 Å². The van der Waals surface area contributed by atoms with Crippen molar-refractivity contribution in [1.29, 1.82) is 5.26 Å². The Labute approximate surface area is 506 Å². The van der Waals surface area contributed by atoms with Crippen LogP contribution in [0.3, 0.4) is 0 Å². The first-order valence-electron chi connectivity index (χ1n) is 28.7. The first kappa shape index (κ1) is 52.5. The number of nitriles is 1. The molecule has 0 saturated heterocycles. The summed E-state index contributed by atoms with van der Waals surface area (Å²) in [7, 11) is 0. The molecule has 3 atom stereocenters. The van der Waals surface area contributed by atoms with E-state index in [1.165, 1.54) is 123 Å². The van der Waals surface area contributed by atoms with Crippen LogP contribution in [0.15, 0.2) is 169 Å². The largest absolute Gasteiger partial charge is 0.318 e. The summed E-state index contributed by atoms with van der Waals surface area (Å²) >= 11 is 7.31. The molecular formula is C76H56N2O2S4. The van der Waals surface area contributed by atoms with Gasteiger partial charge in [-0.05, 0) is 171 Å². The Balaban J connectivity index is 0.991. The van der Waals surface area contributed by atoms with Crippen molar-refractivity contribution in [3.05, 3.63) is 290 Å². The zero-order valence-electron chi connectivity index (χ0n) is 47.9. The van der Waals surface area contributed by atoms with Crippen molar-refractivity contribution >= 4 is 87.4 Å². The van der Waals surface area contributed by atoms with Crippen molar-refractivity contribution in [2.75, 3.05) is 0 Å². The molecule has 0 fully saturated rings. The van der Waals surface area contributed by atoms with E-state index < -0.39 is 22.8 Å². The van der Waals surface area contributed by atoms with Crippen LogP contribution in [-0.4, -0.2) is 17.6 Å². The van der Waals surface area contributed by atoms with E-state index in [1.807, 2.05) is 64.4 Å². The molecule has 3 unspecified atom stereocenters. The number of Topliss-reactive ketones (excluding diaryl/α,β-unsaturated/α-hetero) is 2. The number of allylic oxidation sites excluding steroid dienone is 2. The molecule has 4 heterocycles. The molecule has 0 N–H and O–H groups in total. The Bertz CT molecular complexity index is 4740. The van der Waals surface area contributed by atoms with E-state index in [2.05, 4.69) is 200 Å². The van der Waals surface area contributed by atoms with E-state index in [9.17, 15) is 14.9 Å². The van der Waals surface area contributed by atoms with E-state index >= 15 is 0 Å². The van der Waals surface area contributed by atoms with E-state index in [4.69, 9.17) is 6.57 Å². The maximum Gasteiger partial charge on any atom is 0.318 e. The highest BCUT2D eigenvalue weighted by Gasteiger charge is 2.55. The number of nitrogens with zero attached hydrogens (tertiary/aromatic N) is 2. The van der Waals surface area contributed by atoms with Crippen molar-refractivity contribution in [2.45, 2.75) is 84.6 Å². The second-order valence-corrected chi connectivity index (χ2v) is 28.3. The predicted octanol–water partition coefficient (Wildman–Crippen LogP) is 19.8. The van der Waals surface area contributed by atoms with Crippen molar-refractivity contribution < 1.29 is 9.59 Å². The van der Waals surface area contributed by atoms with Crippen LogP contribution in [0, 0.1) is 65.4 Å². The molecule has 8 heteroatoms. The van der Waals surface area contributed by atoms with Gasteiger partial charge in [-0.15, -0.1) is 45.3 Å². The number of carbonyl (C=O) groups excluding carboxylic acids is 2. The maximum atomic E-state index is 14.6. The molecule has 0 aliphatic heterocycles. The molecule has 0 amide bonds. The number of carbonyl (C=O) groups is 2. The molecule has 4 aliphatic carbocycles. The number of hydrogen-bond donors (Lipinski definition) is 0. The number of benzene rings is 7. The lowest BCUT2D eigenvalue weighted by Gasteiger charge is -2.35. The fraction of sp³-hybridized carbons (Fsp3) is 0.184.